The van der Waals surface area contributed by atoms with Crippen molar-refractivity contribution >= 4 is 31.9 Å². The van der Waals surface area contributed by atoms with Gasteiger partial charge >= 0.3 is 6.18 Å². The lowest BCUT2D eigenvalue weighted by atomic mass is 10.2. The van der Waals surface area contributed by atoms with Crippen LogP contribution in [0.15, 0.2) is 51.4 Å². The van der Waals surface area contributed by atoms with Crippen LogP contribution in [-0.2, 0) is 6.18 Å². The Morgan fingerprint density at radius 2 is 1.58 bits per heavy atom. The van der Waals surface area contributed by atoms with E-state index in [2.05, 4.69) is 31.9 Å². The van der Waals surface area contributed by atoms with Gasteiger partial charge in [0.25, 0.3) is 0 Å². The van der Waals surface area contributed by atoms with E-state index in [4.69, 9.17) is 4.74 Å². The lowest BCUT2D eigenvalue weighted by Crippen LogP contribution is -2.07. The maximum atomic E-state index is 12.9. The van der Waals surface area contributed by atoms with E-state index in [1.54, 1.807) is 24.3 Å². The standard InChI is InChI=1S/C13H7Br2F3O/c14-8-2-1-3-10(6-8)19-12-7-9(15)4-5-11(12)13(16,17)18/h1-7H. The van der Waals surface area contributed by atoms with Gasteiger partial charge in [-0.25, -0.2) is 0 Å². The Kier molecular flexibility index (Phi) is 4.20. The number of ether oxygens (including phenoxy) is 1. The van der Waals surface area contributed by atoms with Crippen LogP contribution < -0.4 is 4.74 Å². The fraction of sp³-hybridized carbons (Fsp3) is 0.0769. The summed E-state index contributed by atoms with van der Waals surface area (Å²) in [4.78, 5) is 0. The molecule has 2 aromatic rings. The number of hydrogen-bond acceptors (Lipinski definition) is 1. The van der Waals surface area contributed by atoms with E-state index in [0.29, 0.717) is 10.2 Å². The van der Waals surface area contributed by atoms with Gasteiger partial charge in [0.2, 0.25) is 0 Å². The van der Waals surface area contributed by atoms with E-state index in [9.17, 15) is 13.2 Å². The maximum Gasteiger partial charge on any atom is 0.419 e. The first-order valence-corrected chi connectivity index (χ1v) is 6.75. The van der Waals surface area contributed by atoms with Crippen molar-refractivity contribution in [1.29, 1.82) is 0 Å². The first-order valence-electron chi connectivity index (χ1n) is 5.16. The summed E-state index contributed by atoms with van der Waals surface area (Å²) in [6.45, 7) is 0. The molecule has 0 aliphatic heterocycles. The molecule has 100 valence electrons. The molecule has 0 bridgehead atoms. The molecule has 0 unspecified atom stereocenters. The van der Waals surface area contributed by atoms with Crippen LogP contribution in [0, 0.1) is 0 Å². The number of hydrogen-bond donors (Lipinski definition) is 0. The highest BCUT2D eigenvalue weighted by Crippen LogP contribution is 2.39. The second-order valence-electron chi connectivity index (χ2n) is 3.70. The average Bonchev–Trinajstić information content (AvgIpc) is 2.27. The fourth-order valence-electron chi connectivity index (χ4n) is 1.47. The predicted molar refractivity (Wildman–Crippen MR) is 73.4 cm³/mol. The molecule has 0 spiro atoms. The summed E-state index contributed by atoms with van der Waals surface area (Å²) >= 11 is 6.37. The van der Waals surface area contributed by atoms with E-state index in [0.717, 1.165) is 10.5 Å². The zero-order valence-electron chi connectivity index (χ0n) is 9.34. The summed E-state index contributed by atoms with van der Waals surface area (Å²) in [6.07, 6.45) is -4.46. The van der Waals surface area contributed by atoms with Gasteiger partial charge in [-0.15, -0.1) is 0 Å². The molecular weight excluding hydrogens is 389 g/mol. The number of rotatable bonds is 2. The molecule has 0 radical (unpaired) electrons. The molecular formula is C13H7Br2F3O. The van der Waals surface area contributed by atoms with Gasteiger partial charge in [0.05, 0.1) is 5.56 Å². The van der Waals surface area contributed by atoms with Gasteiger partial charge in [0, 0.05) is 8.95 Å². The first kappa shape index (κ1) is 14.4. The Morgan fingerprint density at radius 1 is 0.895 bits per heavy atom. The molecule has 0 N–H and O–H groups in total. The van der Waals surface area contributed by atoms with Gasteiger partial charge < -0.3 is 4.74 Å². The van der Waals surface area contributed by atoms with Crippen molar-refractivity contribution in [2.45, 2.75) is 6.18 Å². The number of benzene rings is 2. The van der Waals surface area contributed by atoms with Crippen molar-refractivity contribution in [3.05, 3.63) is 57.0 Å². The lowest BCUT2D eigenvalue weighted by molar-refractivity contribution is -0.138. The van der Waals surface area contributed by atoms with Crippen molar-refractivity contribution in [3.63, 3.8) is 0 Å². The topological polar surface area (TPSA) is 9.23 Å². The quantitative estimate of drug-likeness (QED) is 0.603. The van der Waals surface area contributed by atoms with Gasteiger partial charge in [-0.1, -0.05) is 37.9 Å². The Balaban J connectivity index is 2.41. The van der Waals surface area contributed by atoms with Crippen molar-refractivity contribution in [2.24, 2.45) is 0 Å². The Labute approximate surface area is 124 Å². The average molecular weight is 396 g/mol. The van der Waals surface area contributed by atoms with Crippen LogP contribution in [0.3, 0.4) is 0 Å². The van der Waals surface area contributed by atoms with E-state index in [-0.39, 0.29) is 5.75 Å². The molecule has 2 rings (SSSR count). The van der Waals surface area contributed by atoms with Crippen LogP contribution in [0.4, 0.5) is 13.2 Å². The smallest absolute Gasteiger partial charge is 0.419 e. The highest BCUT2D eigenvalue weighted by molar-refractivity contribution is 9.10. The van der Waals surface area contributed by atoms with Gasteiger partial charge in [0.15, 0.2) is 0 Å². The summed E-state index contributed by atoms with van der Waals surface area (Å²) < 4.78 is 45.1. The van der Waals surface area contributed by atoms with Gasteiger partial charge in [-0.2, -0.15) is 13.2 Å². The van der Waals surface area contributed by atoms with Gasteiger partial charge in [-0.05, 0) is 36.4 Å². The van der Waals surface area contributed by atoms with Crippen LogP contribution in [-0.4, -0.2) is 0 Å². The summed E-state index contributed by atoms with van der Waals surface area (Å²) in [5.74, 6) is 0.0953. The molecule has 0 aliphatic rings. The van der Waals surface area contributed by atoms with Gasteiger partial charge in [0.1, 0.15) is 11.5 Å². The van der Waals surface area contributed by atoms with Crippen LogP contribution >= 0.6 is 31.9 Å². The van der Waals surface area contributed by atoms with Crippen molar-refractivity contribution in [3.8, 4) is 11.5 Å². The Hall–Kier alpha value is -1.01. The largest absolute Gasteiger partial charge is 0.457 e. The third-order valence-electron chi connectivity index (χ3n) is 2.27. The lowest BCUT2D eigenvalue weighted by Gasteiger charge is -2.14. The highest BCUT2D eigenvalue weighted by Gasteiger charge is 2.34. The zero-order chi connectivity index (χ0) is 14.0. The number of alkyl halides is 3. The van der Waals surface area contributed by atoms with Crippen LogP contribution in [0.5, 0.6) is 11.5 Å². The minimum Gasteiger partial charge on any atom is -0.457 e. The molecule has 0 fully saturated rings. The molecule has 0 aromatic heterocycles. The molecule has 0 saturated carbocycles. The third-order valence-corrected chi connectivity index (χ3v) is 3.26. The van der Waals surface area contributed by atoms with E-state index in [1.807, 2.05) is 0 Å². The molecule has 0 saturated heterocycles. The summed E-state index contributed by atoms with van der Waals surface area (Å²) in [5.41, 5.74) is -0.810. The molecule has 0 amide bonds. The Morgan fingerprint density at radius 3 is 2.21 bits per heavy atom. The van der Waals surface area contributed by atoms with Crippen LogP contribution in [0.25, 0.3) is 0 Å². The third kappa shape index (κ3) is 3.73. The van der Waals surface area contributed by atoms with E-state index in [1.165, 1.54) is 12.1 Å². The molecule has 0 atom stereocenters. The van der Waals surface area contributed by atoms with Crippen molar-refractivity contribution < 1.29 is 17.9 Å². The van der Waals surface area contributed by atoms with E-state index >= 15 is 0 Å². The molecule has 0 heterocycles. The monoisotopic (exact) mass is 394 g/mol. The fourth-order valence-corrected chi connectivity index (χ4v) is 2.19. The maximum absolute atomic E-state index is 12.9. The van der Waals surface area contributed by atoms with Crippen LogP contribution in [0.2, 0.25) is 0 Å². The second-order valence-corrected chi connectivity index (χ2v) is 5.53. The second kappa shape index (κ2) is 5.54. The molecule has 0 aliphatic carbocycles. The summed E-state index contributed by atoms with van der Waals surface area (Å²) in [6, 6.07) is 10.2. The summed E-state index contributed by atoms with van der Waals surface area (Å²) in [5, 5.41) is 0. The highest BCUT2D eigenvalue weighted by atomic mass is 79.9. The molecule has 1 nitrogen and oxygen atoms in total. The molecule has 2 aromatic carbocycles. The molecule has 19 heavy (non-hydrogen) atoms. The number of halogens is 5. The molecule has 6 heteroatoms. The Bertz CT molecular complexity index is 597. The van der Waals surface area contributed by atoms with Crippen LogP contribution in [0.1, 0.15) is 5.56 Å². The van der Waals surface area contributed by atoms with Crippen molar-refractivity contribution in [1.82, 2.24) is 0 Å². The minimum absolute atomic E-state index is 0.236. The van der Waals surface area contributed by atoms with Crippen molar-refractivity contribution in [2.75, 3.05) is 0 Å². The minimum atomic E-state index is -4.46. The zero-order valence-corrected chi connectivity index (χ0v) is 12.5. The SMILES string of the molecule is FC(F)(F)c1ccc(Br)cc1Oc1cccc(Br)c1. The predicted octanol–water partition coefficient (Wildman–Crippen LogP) is 6.02. The first-order chi connectivity index (χ1) is 8.86. The van der Waals surface area contributed by atoms with Gasteiger partial charge in [-0.3, -0.25) is 0 Å². The van der Waals surface area contributed by atoms with E-state index < -0.39 is 11.7 Å². The normalized spacial score (nSPS) is 11.4. The summed E-state index contributed by atoms with van der Waals surface area (Å²) in [7, 11) is 0.